The molecule has 7 nitrogen and oxygen atoms in total. The van der Waals surface area contributed by atoms with Crippen LogP contribution in [0.5, 0.6) is 0 Å². The van der Waals surface area contributed by atoms with Gasteiger partial charge in [-0.05, 0) is 41.4 Å². The van der Waals surface area contributed by atoms with E-state index in [2.05, 4.69) is 26.1 Å². The van der Waals surface area contributed by atoms with Crippen LogP contribution in [0.2, 0.25) is 0 Å². The number of hydrogen-bond acceptors (Lipinski definition) is 6. The Kier molecular flexibility index (Phi) is 6.05. The lowest BCUT2D eigenvalue weighted by molar-refractivity contribution is -0.134. The maximum Gasteiger partial charge on any atom is 0.262 e. The van der Waals surface area contributed by atoms with Gasteiger partial charge in [0.05, 0.1) is 20.2 Å². The molecule has 1 aromatic rings. The summed E-state index contributed by atoms with van der Waals surface area (Å²) in [4.78, 5) is 29.2. The summed E-state index contributed by atoms with van der Waals surface area (Å²) in [5.74, 6) is 0.131. The molecule has 0 radical (unpaired) electrons. The summed E-state index contributed by atoms with van der Waals surface area (Å²) in [6, 6.07) is 3.00. The summed E-state index contributed by atoms with van der Waals surface area (Å²) < 4.78 is 24.1. The first kappa shape index (κ1) is 19.8. The fourth-order valence-corrected chi connectivity index (χ4v) is 6.46. The van der Waals surface area contributed by atoms with Crippen molar-refractivity contribution in [2.75, 3.05) is 37.7 Å². The summed E-state index contributed by atoms with van der Waals surface area (Å²) in [5, 5.41) is 2.75. The van der Waals surface area contributed by atoms with E-state index in [9.17, 15) is 18.0 Å². The number of carbonyl (C=O) groups is 2. The third kappa shape index (κ3) is 4.65. The number of nitrogens with zero attached hydrogens (tertiary/aromatic N) is 2. The Morgan fingerprint density at radius 2 is 1.96 bits per heavy atom. The highest BCUT2D eigenvalue weighted by atomic mass is 79.9. The molecule has 26 heavy (non-hydrogen) atoms. The number of thiophene rings is 1. The van der Waals surface area contributed by atoms with E-state index < -0.39 is 15.9 Å². The molecule has 2 unspecified atom stereocenters. The molecule has 0 bridgehead atoms. The van der Waals surface area contributed by atoms with Crippen molar-refractivity contribution in [1.29, 1.82) is 0 Å². The molecule has 1 aromatic heterocycles. The molecule has 1 N–H and O–H groups in total. The lowest BCUT2D eigenvalue weighted by atomic mass is 10.1. The second kappa shape index (κ2) is 7.95. The van der Waals surface area contributed by atoms with Gasteiger partial charge in [-0.1, -0.05) is 0 Å². The minimum atomic E-state index is -2.90. The number of rotatable bonds is 4. The number of hydrogen-bond donors (Lipinski definition) is 1. The smallest absolute Gasteiger partial charge is 0.262 e. The molecule has 2 saturated heterocycles. The topological polar surface area (TPSA) is 86.8 Å². The first-order valence-corrected chi connectivity index (χ1v) is 12.0. The van der Waals surface area contributed by atoms with Gasteiger partial charge in [-0.15, -0.1) is 11.3 Å². The summed E-state index contributed by atoms with van der Waals surface area (Å²) in [5.41, 5.74) is 0. The number of piperazine rings is 1. The maximum absolute atomic E-state index is 12.6. The molecule has 0 aromatic carbocycles. The summed E-state index contributed by atoms with van der Waals surface area (Å²) in [7, 11) is -2.90. The van der Waals surface area contributed by atoms with Crippen molar-refractivity contribution in [3.05, 3.63) is 20.8 Å². The largest absolute Gasteiger partial charge is 0.340 e. The molecule has 2 aliphatic rings. The van der Waals surface area contributed by atoms with Gasteiger partial charge in [0, 0.05) is 32.2 Å². The molecule has 2 amide bonds. The zero-order valence-electron chi connectivity index (χ0n) is 14.5. The van der Waals surface area contributed by atoms with Crippen LogP contribution >= 0.6 is 27.3 Å². The number of amides is 2. The van der Waals surface area contributed by atoms with Crippen LogP contribution in [0.25, 0.3) is 0 Å². The highest BCUT2D eigenvalue weighted by Crippen LogP contribution is 2.22. The van der Waals surface area contributed by atoms with Crippen LogP contribution in [0.15, 0.2) is 15.9 Å². The van der Waals surface area contributed by atoms with Crippen LogP contribution in [0.1, 0.15) is 23.0 Å². The van der Waals surface area contributed by atoms with Crippen molar-refractivity contribution in [2.24, 2.45) is 0 Å². The molecular weight excluding hydrogens is 442 g/mol. The van der Waals surface area contributed by atoms with Gasteiger partial charge < -0.3 is 10.2 Å². The van der Waals surface area contributed by atoms with Gasteiger partial charge in [0.1, 0.15) is 6.04 Å². The number of nitrogens with one attached hydrogen (secondary N) is 1. The Morgan fingerprint density at radius 1 is 1.27 bits per heavy atom. The fourth-order valence-electron chi connectivity index (χ4n) is 3.41. The van der Waals surface area contributed by atoms with E-state index in [-0.39, 0.29) is 29.4 Å². The number of sulfone groups is 1. The predicted molar refractivity (Wildman–Crippen MR) is 104 cm³/mol. The van der Waals surface area contributed by atoms with Crippen molar-refractivity contribution in [3.63, 3.8) is 0 Å². The van der Waals surface area contributed by atoms with Crippen LogP contribution < -0.4 is 5.32 Å². The SMILES string of the molecule is CC(NC(=O)c1ccc(Br)s1)C(=O)N1CCN(C2CCS(=O)(=O)C2)CC1. The summed E-state index contributed by atoms with van der Waals surface area (Å²) >= 11 is 4.64. The van der Waals surface area contributed by atoms with E-state index in [1.54, 1.807) is 24.0 Å². The van der Waals surface area contributed by atoms with Crippen molar-refractivity contribution >= 4 is 48.9 Å². The van der Waals surface area contributed by atoms with Gasteiger partial charge in [-0.3, -0.25) is 14.5 Å². The van der Waals surface area contributed by atoms with Gasteiger partial charge in [-0.25, -0.2) is 8.42 Å². The molecular formula is C16H22BrN3O4S2. The first-order valence-electron chi connectivity index (χ1n) is 8.54. The lowest BCUT2D eigenvalue weighted by Crippen LogP contribution is -2.56. The van der Waals surface area contributed by atoms with Crippen LogP contribution in [0, 0.1) is 0 Å². The summed E-state index contributed by atoms with van der Waals surface area (Å²) in [6.07, 6.45) is 0.680. The second-order valence-corrected chi connectivity index (χ2v) is 11.4. The minimum absolute atomic E-state index is 0.0756. The molecule has 2 atom stereocenters. The normalized spacial score (nSPS) is 24.4. The Bertz CT molecular complexity index is 787. The van der Waals surface area contributed by atoms with Gasteiger partial charge in [0.25, 0.3) is 5.91 Å². The molecule has 2 fully saturated rings. The number of halogens is 1. The molecule has 3 rings (SSSR count). The standard InChI is InChI=1S/C16H22BrN3O4S2/c1-11(18-15(21)13-2-3-14(17)25-13)16(22)20-7-5-19(6-8-20)12-4-9-26(23,24)10-12/h2-3,11-12H,4-10H2,1H3,(H,18,21). The molecule has 10 heteroatoms. The molecule has 2 aliphatic heterocycles. The minimum Gasteiger partial charge on any atom is -0.340 e. The van der Waals surface area contributed by atoms with Crippen molar-refractivity contribution < 1.29 is 18.0 Å². The monoisotopic (exact) mass is 463 g/mol. The van der Waals surface area contributed by atoms with Crippen molar-refractivity contribution in [1.82, 2.24) is 15.1 Å². The number of carbonyl (C=O) groups excluding carboxylic acids is 2. The van der Waals surface area contributed by atoms with Crippen LogP contribution in [-0.2, 0) is 14.6 Å². The predicted octanol–water partition coefficient (Wildman–Crippen LogP) is 0.960. The van der Waals surface area contributed by atoms with E-state index in [4.69, 9.17) is 0 Å². The van der Waals surface area contributed by atoms with Crippen molar-refractivity contribution in [3.8, 4) is 0 Å². The van der Waals surface area contributed by atoms with E-state index in [0.717, 1.165) is 3.79 Å². The van der Waals surface area contributed by atoms with Crippen LogP contribution in [0.4, 0.5) is 0 Å². The highest BCUT2D eigenvalue weighted by Gasteiger charge is 2.35. The lowest BCUT2D eigenvalue weighted by Gasteiger charge is -2.38. The maximum atomic E-state index is 12.6. The average molecular weight is 464 g/mol. The zero-order valence-corrected chi connectivity index (χ0v) is 17.7. The molecule has 0 spiro atoms. The Hall–Kier alpha value is -0.970. The Balaban J connectivity index is 1.49. The quantitative estimate of drug-likeness (QED) is 0.718. The molecule has 0 saturated carbocycles. The van der Waals surface area contributed by atoms with Crippen LogP contribution in [0.3, 0.4) is 0 Å². The first-order chi connectivity index (χ1) is 12.2. The van der Waals surface area contributed by atoms with E-state index in [1.165, 1.54) is 11.3 Å². The Morgan fingerprint density at radius 3 is 2.50 bits per heavy atom. The van der Waals surface area contributed by atoms with Gasteiger partial charge in [0.2, 0.25) is 5.91 Å². The van der Waals surface area contributed by atoms with Crippen molar-refractivity contribution in [2.45, 2.75) is 25.4 Å². The van der Waals surface area contributed by atoms with Crippen LogP contribution in [-0.4, -0.2) is 79.8 Å². The van der Waals surface area contributed by atoms with E-state index in [1.807, 2.05) is 0 Å². The molecule has 3 heterocycles. The van der Waals surface area contributed by atoms with Gasteiger partial charge in [0.15, 0.2) is 9.84 Å². The third-order valence-corrected chi connectivity index (χ3v) is 8.24. The zero-order chi connectivity index (χ0) is 18.9. The molecule has 0 aliphatic carbocycles. The fraction of sp³-hybridized carbons (Fsp3) is 0.625. The van der Waals surface area contributed by atoms with E-state index in [0.29, 0.717) is 37.5 Å². The third-order valence-electron chi connectivity index (χ3n) is 4.87. The van der Waals surface area contributed by atoms with Gasteiger partial charge >= 0.3 is 0 Å². The Labute approximate surface area is 165 Å². The second-order valence-electron chi connectivity index (χ2n) is 6.72. The van der Waals surface area contributed by atoms with E-state index >= 15 is 0 Å². The summed E-state index contributed by atoms with van der Waals surface area (Å²) in [6.45, 7) is 4.15. The molecule has 144 valence electrons. The van der Waals surface area contributed by atoms with Gasteiger partial charge in [-0.2, -0.15) is 0 Å². The average Bonchev–Trinajstić information content (AvgIpc) is 3.19. The highest BCUT2D eigenvalue weighted by molar-refractivity contribution is 9.11.